The highest BCUT2D eigenvalue weighted by Gasteiger charge is 2.12. The molecule has 0 radical (unpaired) electrons. The molecule has 0 saturated heterocycles. The first-order valence-electron chi connectivity index (χ1n) is 7.08. The molecule has 3 nitrogen and oxygen atoms in total. The number of nitrogens with one attached hydrogen (secondary N) is 1. The summed E-state index contributed by atoms with van der Waals surface area (Å²) in [5.41, 5.74) is 2.35. The first kappa shape index (κ1) is 14.5. The predicted octanol–water partition coefficient (Wildman–Crippen LogP) is 2.85. The first-order chi connectivity index (χ1) is 9.83. The molecule has 1 unspecified atom stereocenters. The Hall–Kier alpha value is -1.87. The molecule has 106 valence electrons. The lowest BCUT2D eigenvalue weighted by molar-refractivity contribution is 0.404. The van der Waals surface area contributed by atoms with Gasteiger partial charge >= 0.3 is 0 Å². The number of pyridine rings is 1. The van der Waals surface area contributed by atoms with Crippen LogP contribution in [-0.2, 0) is 12.8 Å². The van der Waals surface area contributed by atoms with Crippen molar-refractivity contribution in [3.05, 3.63) is 59.9 Å². The summed E-state index contributed by atoms with van der Waals surface area (Å²) < 4.78 is 5.43. The molecule has 20 heavy (non-hydrogen) atoms. The van der Waals surface area contributed by atoms with Crippen LogP contribution in [0, 0.1) is 0 Å². The minimum Gasteiger partial charge on any atom is -0.496 e. The first-order valence-corrected chi connectivity index (χ1v) is 7.08. The fourth-order valence-electron chi connectivity index (χ4n) is 2.41. The zero-order chi connectivity index (χ0) is 14.2. The summed E-state index contributed by atoms with van der Waals surface area (Å²) in [4.78, 5) is 4.41. The van der Waals surface area contributed by atoms with Crippen LogP contribution in [0.4, 0.5) is 0 Å². The largest absolute Gasteiger partial charge is 0.496 e. The zero-order valence-corrected chi connectivity index (χ0v) is 12.2. The van der Waals surface area contributed by atoms with Crippen LogP contribution in [0.3, 0.4) is 0 Å². The number of nitrogens with zero attached hydrogens (tertiary/aromatic N) is 1. The van der Waals surface area contributed by atoms with Crippen LogP contribution in [0.1, 0.15) is 18.2 Å². The number of para-hydroxylation sites is 1. The summed E-state index contributed by atoms with van der Waals surface area (Å²) in [6, 6.07) is 14.6. The molecule has 0 fully saturated rings. The Morgan fingerprint density at radius 3 is 2.60 bits per heavy atom. The minimum atomic E-state index is 0.367. The molecule has 0 aliphatic carbocycles. The van der Waals surface area contributed by atoms with E-state index in [4.69, 9.17) is 4.74 Å². The van der Waals surface area contributed by atoms with Crippen LogP contribution in [0.25, 0.3) is 0 Å². The van der Waals surface area contributed by atoms with E-state index in [1.165, 1.54) is 5.56 Å². The number of aromatic nitrogens is 1. The van der Waals surface area contributed by atoms with Gasteiger partial charge in [-0.05, 0) is 36.7 Å². The molecular weight excluding hydrogens is 248 g/mol. The molecule has 1 aromatic heterocycles. The second-order valence-electron chi connectivity index (χ2n) is 4.80. The average molecular weight is 270 g/mol. The van der Waals surface area contributed by atoms with E-state index in [1.54, 1.807) is 7.11 Å². The third-order valence-electron chi connectivity index (χ3n) is 3.33. The van der Waals surface area contributed by atoms with Crippen molar-refractivity contribution < 1.29 is 4.74 Å². The standard InChI is InChI=1S/C17H22N2O/c1-3-18-16(13-15-9-6-7-11-19-15)12-14-8-4-5-10-17(14)20-2/h4-11,16,18H,3,12-13H2,1-2H3. The van der Waals surface area contributed by atoms with Crippen molar-refractivity contribution in [1.82, 2.24) is 10.3 Å². The van der Waals surface area contributed by atoms with Gasteiger partial charge in [-0.2, -0.15) is 0 Å². The monoisotopic (exact) mass is 270 g/mol. The number of hydrogen-bond acceptors (Lipinski definition) is 3. The second kappa shape index (κ2) is 7.65. The second-order valence-corrected chi connectivity index (χ2v) is 4.80. The fraction of sp³-hybridized carbons (Fsp3) is 0.353. The third kappa shape index (κ3) is 4.07. The van der Waals surface area contributed by atoms with Crippen molar-refractivity contribution in [3.63, 3.8) is 0 Å². The number of likely N-dealkylation sites (N-methyl/N-ethyl adjacent to an activating group) is 1. The number of methoxy groups -OCH3 is 1. The van der Waals surface area contributed by atoms with Gasteiger partial charge in [0.25, 0.3) is 0 Å². The molecule has 3 heteroatoms. The molecule has 0 aliphatic rings. The van der Waals surface area contributed by atoms with Crippen LogP contribution >= 0.6 is 0 Å². The van der Waals surface area contributed by atoms with Gasteiger partial charge in [-0.3, -0.25) is 4.98 Å². The molecule has 0 saturated carbocycles. The van der Waals surface area contributed by atoms with Crippen LogP contribution in [-0.4, -0.2) is 24.7 Å². The Balaban J connectivity index is 2.09. The van der Waals surface area contributed by atoms with Gasteiger partial charge in [-0.25, -0.2) is 0 Å². The van der Waals surface area contributed by atoms with Crippen molar-refractivity contribution >= 4 is 0 Å². The van der Waals surface area contributed by atoms with Gasteiger partial charge in [-0.15, -0.1) is 0 Å². The van der Waals surface area contributed by atoms with Gasteiger partial charge in [0, 0.05) is 24.4 Å². The Bertz CT molecular complexity index is 513. The van der Waals surface area contributed by atoms with Crippen molar-refractivity contribution in [3.8, 4) is 5.75 Å². The summed E-state index contributed by atoms with van der Waals surface area (Å²) >= 11 is 0. The van der Waals surface area contributed by atoms with E-state index in [-0.39, 0.29) is 0 Å². The number of rotatable bonds is 7. The molecule has 0 spiro atoms. The zero-order valence-electron chi connectivity index (χ0n) is 12.2. The summed E-state index contributed by atoms with van der Waals surface area (Å²) in [7, 11) is 1.72. The highest BCUT2D eigenvalue weighted by Crippen LogP contribution is 2.19. The topological polar surface area (TPSA) is 34.2 Å². The van der Waals surface area contributed by atoms with E-state index in [0.717, 1.165) is 30.8 Å². The average Bonchev–Trinajstić information content (AvgIpc) is 2.49. The molecule has 2 aromatic rings. The minimum absolute atomic E-state index is 0.367. The maximum absolute atomic E-state index is 5.43. The molecule has 2 rings (SSSR count). The van der Waals surface area contributed by atoms with E-state index in [2.05, 4.69) is 35.4 Å². The third-order valence-corrected chi connectivity index (χ3v) is 3.33. The van der Waals surface area contributed by atoms with Crippen molar-refractivity contribution in [2.24, 2.45) is 0 Å². The lowest BCUT2D eigenvalue weighted by Gasteiger charge is -2.19. The van der Waals surface area contributed by atoms with Gasteiger partial charge in [0.2, 0.25) is 0 Å². The molecule has 1 heterocycles. The van der Waals surface area contributed by atoms with Gasteiger partial charge in [0.05, 0.1) is 7.11 Å². The number of benzene rings is 1. The Kier molecular flexibility index (Phi) is 5.56. The van der Waals surface area contributed by atoms with Crippen molar-refractivity contribution in [2.75, 3.05) is 13.7 Å². The maximum Gasteiger partial charge on any atom is 0.122 e. The van der Waals surface area contributed by atoms with Crippen LogP contribution in [0.2, 0.25) is 0 Å². The Labute approximate surface area is 121 Å². The quantitative estimate of drug-likeness (QED) is 0.840. The highest BCUT2D eigenvalue weighted by atomic mass is 16.5. The highest BCUT2D eigenvalue weighted by molar-refractivity contribution is 5.34. The van der Waals surface area contributed by atoms with E-state index in [9.17, 15) is 0 Å². The Morgan fingerprint density at radius 2 is 1.90 bits per heavy atom. The molecule has 1 aromatic carbocycles. The summed E-state index contributed by atoms with van der Waals surface area (Å²) in [6.45, 7) is 3.08. The van der Waals surface area contributed by atoms with Crippen LogP contribution in [0.5, 0.6) is 5.75 Å². The lowest BCUT2D eigenvalue weighted by atomic mass is 10.0. The van der Waals surface area contributed by atoms with E-state index in [1.807, 2.05) is 30.5 Å². The van der Waals surface area contributed by atoms with Crippen molar-refractivity contribution in [2.45, 2.75) is 25.8 Å². The smallest absolute Gasteiger partial charge is 0.122 e. The van der Waals surface area contributed by atoms with Gasteiger partial charge in [0.1, 0.15) is 5.75 Å². The summed E-state index contributed by atoms with van der Waals surface area (Å²) in [5.74, 6) is 0.955. The predicted molar refractivity (Wildman–Crippen MR) is 82.1 cm³/mol. The molecule has 1 N–H and O–H groups in total. The van der Waals surface area contributed by atoms with E-state index >= 15 is 0 Å². The molecule has 0 bridgehead atoms. The molecule has 0 amide bonds. The molecular formula is C17H22N2O. The fourth-order valence-corrected chi connectivity index (χ4v) is 2.41. The van der Waals surface area contributed by atoms with Gasteiger partial charge < -0.3 is 10.1 Å². The number of ether oxygens (including phenoxy) is 1. The normalized spacial score (nSPS) is 12.1. The lowest BCUT2D eigenvalue weighted by Crippen LogP contribution is -2.33. The Morgan fingerprint density at radius 1 is 1.10 bits per heavy atom. The van der Waals surface area contributed by atoms with Gasteiger partial charge in [-0.1, -0.05) is 31.2 Å². The summed E-state index contributed by atoms with van der Waals surface area (Å²) in [6.07, 6.45) is 3.71. The SMILES string of the molecule is CCNC(Cc1ccccn1)Cc1ccccc1OC. The van der Waals surface area contributed by atoms with Crippen LogP contribution < -0.4 is 10.1 Å². The van der Waals surface area contributed by atoms with Crippen LogP contribution in [0.15, 0.2) is 48.7 Å². The van der Waals surface area contributed by atoms with E-state index < -0.39 is 0 Å². The molecule has 0 aliphatic heterocycles. The molecule has 1 atom stereocenters. The number of hydrogen-bond donors (Lipinski definition) is 1. The maximum atomic E-state index is 5.43. The van der Waals surface area contributed by atoms with Gasteiger partial charge in [0.15, 0.2) is 0 Å². The van der Waals surface area contributed by atoms with Crippen molar-refractivity contribution in [1.29, 1.82) is 0 Å². The van der Waals surface area contributed by atoms with E-state index in [0.29, 0.717) is 6.04 Å². The summed E-state index contributed by atoms with van der Waals surface area (Å²) in [5, 5.41) is 3.54.